The zero-order valence-electron chi connectivity index (χ0n) is 29.1. The van der Waals surface area contributed by atoms with Crippen molar-refractivity contribution >= 4 is 22.7 Å². The lowest BCUT2D eigenvalue weighted by Gasteiger charge is -2.31. The predicted octanol–water partition coefficient (Wildman–Crippen LogP) is 7.10. The van der Waals surface area contributed by atoms with Crippen molar-refractivity contribution in [1.82, 2.24) is 25.3 Å². The first-order valence-electron chi connectivity index (χ1n) is 17.0. The lowest BCUT2D eigenvalue weighted by molar-refractivity contribution is -0.132. The number of aromatic amines is 1. The summed E-state index contributed by atoms with van der Waals surface area (Å²) in [6, 6.07) is 21.9. The lowest BCUT2D eigenvalue weighted by Crippen LogP contribution is -2.42. The Balaban J connectivity index is 0.00000167. The molecule has 1 aromatic heterocycles. The van der Waals surface area contributed by atoms with Crippen molar-refractivity contribution < 1.29 is 19.1 Å². The summed E-state index contributed by atoms with van der Waals surface area (Å²) in [4.78, 5) is 30.5. The van der Waals surface area contributed by atoms with Crippen LogP contribution in [0.15, 0.2) is 79.4 Å². The summed E-state index contributed by atoms with van der Waals surface area (Å²) >= 11 is 0. The van der Waals surface area contributed by atoms with Gasteiger partial charge in [0.15, 0.2) is 11.5 Å². The van der Waals surface area contributed by atoms with Crippen LogP contribution >= 0.6 is 0 Å². The van der Waals surface area contributed by atoms with Crippen molar-refractivity contribution in [3.05, 3.63) is 90.5 Å². The first-order valence-corrected chi connectivity index (χ1v) is 17.0. The second-order valence-corrected chi connectivity index (χ2v) is 12.7. The van der Waals surface area contributed by atoms with Crippen LogP contribution < -0.4 is 14.8 Å². The van der Waals surface area contributed by atoms with E-state index < -0.39 is 0 Å². The van der Waals surface area contributed by atoms with E-state index in [2.05, 4.69) is 66.8 Å². The molecule has 2 N–H and O–H groups in total. The molecule has 3 aromatic carbocycles. The Morgan fingerprint density at radius 3 is 2.40 bits per heavy atom. The van der Waals surface area contributed by atoms with Gasteiger partial charge in [0.1, 0.15) is 13.2 Å². The van der Waals surface area contributed by atoms with E-state index in [1.165, 1.54) is 0 Å². The Hall–Kier alpha value is -4.63. The van der Waals surface area contributed by atoms with E-state index in [1.54, 1.807) is 6.08 Å². The standard InChI is InChI=1S/C36H45N5O4.C3H6/c1-25(2)23-41(19-18-40(26(3)4)24-27-11-16-32-33(22-27)45-21-20-44-32)34(42)10-7-17-37-36(43)29-14-12-28(13-15-29)35-30-8-5-6-9-31(30)38-39-35;1-3-2/h5-6,8-9,11-16,22,25-26H,7,10,17-21,23-24H2,1-4H3,(H,37,43)(H,38,39);3H,1H2,2H3. The molecule has 48 heavy (non-hydrogen) atoms. The molecular formula is C39H51N5O4. The quantitative estimate of drug-likeness (QED) is 0.111. The highest BCUT2D eigenvalue weighted by Crippen LogP contribution is 2.31. The number of aromatic nitrogens is 2. The molecule has 0 radical (unpaired) electrons. The summed E-state index contributed by atoms with van der Waals surface area (Å²) in [6.45, 7) is 18.4. The maximum atomic E-state index is 13.3. The zero-order chi connectivity index (χ0) is 34.5. The monoisotopic (exact) mass is 653 g/mol. The van der Waals surface area contributed by atoms with Crippen LogP contribution in [0, 0.1) is 5.92 Å². The largest absolute Gasteiger partial charge is 0.486 e. The first-order chi connectivity index (χ1) is 23.2. The molecule has 9 nitrogen and oxygen atoms in total. The van der Waals surface area contributed by atoms with Gasteiger partial charge in [0.05, 0.1) is 11.2 Å². The van der Waals surface area contributed by atoms with Gasteiger partial charge in [0.25, 0.3) is 5.91 Å². The maximum Gasteiger partial charge on any atom is 0.251 e. The molecule has 2 heterocycles. The third kappa shape index (κ3) is 10.2. The number of benzene rings is 3. The van der Waals surface area contributed by atoms with Gasteiger partial charge in [-0.25, -0.2) is 0 Å². The van der Waals surface area contributed by atoms with Gasteiger partial charge in [-0.1, -0.05) is 56.3 Å². The fourth-order valence-electron chi connectivity index (χ4n) is 5.61. The minimum atomic E-state index is -0.147. The molecule has 0 aliphatic carbocycles. The number of carbonyl (C=O) groups is 2. The number of allylic oxidation sites excluding steroid dienone is 1. The number of amides is 2. The molecule has 5 rings (SSSR count). The number of fused-ring (bicyclic) bond motifs is 2. The molecule has 0 saturated carbocycles. The van der Waals surface area contributed by atoms with Gasteiger partial charge in [-0.2, -0.15) is 5.10 Å². The normalized spacial score (nSPS) is 12.2. The van der Waals surface area contributed by atoms with Crippen molar-refractivity contribution in [2.75, 3.05) is 39.4 Å². The Morgan fingerprint density at radius 1 is 0.979 bits per heavy atom. The van der Waals surface area contributed by atoms with Gasteiger partial charge < -0.3 is 19.7 Å². The van der Waals surface area contributed by atoms with Crippen molar-refractivity contribution in [2.24, 2.45) is 5.92 Å². The molecular weight excluding hydrogens is 602 g/mol. The van der Waals surface area contributed by atoms with Crippen LogP contribution in [0.2, 0.25) is 0 Å². The maximum absolute atomic E-state index is 13.3. The van der Waals surface area contributed by atoms with Gasteiger partial charge in [-0.15, -0.1) is 6.58 Å². The number of hydrogen-bond acceptors (Lipinski definition) is 6. The third-order valence-corrected chi connectivity index (χ3v) is 8.06. The molecule has 0 bridgehead atoms. The average molecular weight is 654 g/mol. The highest BCUT2D eigenvalue weighted by Gasteiger charge is 2.19. The van der Waals surface area contributed by atoms with E-state index in [-0.39, 0.29) is 11.8 Å². The Kier molecular flexibility index (Phi) is 13.6. The average Bonchev–Trinajstić information content (AvgIpc) is 3.52. The van der Waals surface area contributed by atoms with Crippen molar-refractivity contribution in [3.63, 3.8) is 0 Å². The molecule has 4 aromatic rings. The van der Waals surface area contributed by atoms with Gasteiger partial charge in [-0.3, -0.25) is 19.6 Å². The number of nitrogens with one attached hydrogen (secondary N) is 2. The van der Waals surface area contributed by atoms with Crippen LogP contribution in [0.5, 0.6) is 11.5 Å². The first kappa shape index (κ1) is 36.2. The minimum absolute atomic E-state index is 0.122. The number of rotatable bonds is 14. The summed E-state index contributed by atoms with van der Waals surface area (Å²) in [7, 11) is 0. The van der Waals surface area contributed by atoms with Crippen LogP contribution in [-0.2, 0) is 11.3 Å². The SMILES string of the molecule is C=CC.CC(C)CN(CCN(Cc1ccc2c(c1)OCCO2)C(C)C)C(=O)CCCNC(=O)c1ccc(-c2n[nH]c3ccccc23)cc1. The summed E-state index contributed by atoms with van der Waals surface area (Å²) in [5.41, 5.74) is 4.53. The Morgan fingerprint density at radius 2 is 1.69 bits per heavy atom. The molecule has 0 fully saturated rings. The Bertz CT molecular complexity index is 1630. The van der Waals surface area contributed by atoms with Gasteiger partial charge in [-0.05, 0) is 69.0 Å². The number of ether oxygens (including phenoxy) is 2. The summed E-state index contributed by atoms with van der Waals surface area (Å²) in [5, 5.41) is 11.5. The summed E-state index contributed by atoms with van der Waals surface area (Å²) in [5.74, 6) is 1.93. The topological polar surface area (TPSA) is 99.8 Å². The van der Waals surface area contributed by atoms with Crippen molar-refractivity contribution in [3.8, 4) is 22.8 Å². The third-order valence-electron chi connectivity index (χ3n) is 8.06. The van der Waals surface area contributed by atoms with Crippen LogP contribution in [0.25, 0.3) is 22.2 Å². The van der Waals surface area contributed by atoms with E-state index in [1.807, 2.05) is 66.4 Å². The number of carbonyl (C=O) groups excluding carboxylic acids is 2. The van der Waals surface area contributed by atoms with Crippen molar-refractivity contribution in [1.29, 1.82) is 0 Å². The molecule has 2 amide bonds. The Labute approximate surface area is 285 Å². The second kappa shape index (κ2) is 18.1. The minimum Gasteiger partial charge on any atom is -0.486 e. The highest BCUT2D eigenvalue weighted by atomic mass is 16.6. The number of nitrogens with zero attached hydrogens (tertiary/aromatic N) is 3. The number of H-pyrrole nitrogens is 1. The molecule has 256 valence electrons. The number of hydrogen-bond donors (Lipinski definition) is 2. The van der Waals surface area contributed by atoms with E-state index in [9.17, 15) is 9.59 Å². The summed E-state index contributed by atoms with van der Waals surface area (Å²) < 4.78 is 11.4. The van der Waals surface area contributed by atoms with E-state index in [0.29, 0.717) is 63.2 Å². The molecule has 0 saturated heterocycles. The van der Waals surface area contributed by atoms with Crippen LogP contribution in [0.3, 0.4) is 0 Å². The molecule has 0 spiro atoms. The van der Waals surface area contributed by atoms with Crippen LogP contribution in [0.4, 0.5) is 0 Å². The lowest BCUT2D eigenvalue weighted by atomic mass is 10.1. The molecule has 9 heteroatoms. The van der Waals surface area contributed by atoms with E-state index >= 15 is 0 Å². The van der Waals surface area contributed by atoms with Gasteiger partial charge in [0.2, 0.25) is 5.91 Å². The van der Waals surface area contributed by atoms with Crippen LogP contribution in [-0.4, -0.2) is 77.2 Å². The van der Waals surface area contributed by atoms with Gasteiger partial charge in [0, 0.05) is 61.7 Å². The smallest absolute Gasteiger partial charge is 0.251 e. The molecule has 0 atom stereocenters. The summed E-state index contributed by atoms with van der Waals surface area (Å²) in [6.07, 6.45) is 2.73. The predicted molar refractivity (Wildman–Crippen MR) is 193 cm³/mol. The zero-order valence-corrected chi connectivity index (χ0v) is 29.1. The van der Waals surface area contributed by atoms with E-state index in [0.717, 1.165) is 52.3 Å². The highest BCUT2D eigenvalue weighted by molar-refractivity contribution is 5.96. The van der Waals surface area contributed by atoms with Crippen LogP contribution in [0.1, 0.15) is 63.4 Å². The number of para-hydroxylation sites is 1. The molecule has 1 aliphatic heterocycles. The van der Waals surface area contributed by atoms with Gasteiger partial charge >= 0.3 is 0 Å². The fourth-order valence-corrected chi connectivity index (χ4v) is 5.61. The fraction of sp³-hybridized carbons (Fsp3) is 0.410. The molecule has 1 aliphatic rings. The van der Waals surface area contributed by atoms with E-state index in [4.69, 9.17) is 9.47 Å². The second-order valence-electron chi connectivity index (χ2n) is 12.7. The van der Waals surface area contributed by atoms with Crippen molar-refractivity contribution in [2.45, 2.75) is 60.0 Å². The molecule has 0 unspecified atom stereocenters.